The van der Waals surface area contributed by atoms with Crippen molar-refractivity contribution in [3.05, 3.63) is 80.0 Å². The summed E-state index contributed by atoms with van der Waals surface area (Å²) >= 11 is 2.84. The molecule has 0 atom stereocenters. The Balaban J connectivity index is 1.38. The number of esters is 1. The normalized spacial score (nSPS) is 12.6. The number of ether oxygens (including phenoxy) is 1. The number of hydrogen-bond acceptors (Lipinski definition) is 6. The Morgan fingerprint density at radius 3 is 2.96 bits per heavy atom. The summed E-state index contributed by atoms with van der Waals surface area (Å²) in [5, 5.41) is 1.80. The summed E-state index contributed by atoms with van der Waals surface area (Å²) in [4.78, 5) is 31.2. The van der Waals surface area contributed by atoms with Gasteiger partial charge in [-0.2, -0.15) is 0 Å². The molecule has 0 radical (unpaired) electrons. The van der Waals surface area contributed by atoms with Crippen LogP contribution in [0.25, 0.3) is 15.4 Å². The number of nitrogens with zero attached hydrogens (tertiary/aromatic N) is 2. The standard InChI is InChI=1S/C20H14N2O3S2/c23-17-10-14(21-20-22(17)7-8-26-20)11-25-19(24)16-9-13-6-5-12-3-1-2-4-15(12)18(13)27-16/h1-4,7-10H,5-6,11H2. The molecule has 0 fully saturated rings. The summed E-state index contributed by atoms with van der Waals surface area (Å²) in [7, 11) is 0. The van der Waals surface area contributed by atoms with Crippen molar-refractivity contribution in [2.24, 2.45) is 0 Å². The first-order valence-electron chi connectivity index (χ1n) is 8.53. The Bertz CT molecular complexity index is 1240. The Morgan fingerprint density at radius 1 is 1.19 bits per heavy atom. The zero-order valence-corrected chi connectivity index (χ0v) is 15.8. The number of aryl methyl sites for hydroxylation is 2. The average Bonchev–Trinajstić information content (AvgIpc) is 3.33. The molecule has 4 aromatic rings. The second-order valence-corrected chi connectivity index (χ2v) is 8.26. The van der Waals surface area contributed by atoms with E-state index < -0.39 is 0 Å². The maximum absolute atomic E-state index is 12.5. The molecule has 0 saturated heterocycles. The summed E-state index contributed by atoms with van der Waals surface area (Å²) in [6.45, 7) is -0.0123. The van der Waals surface area contributed by atoms with Gasteiger partial charge in [0, 0.05) is 22.5 Å². The largest absolute Gasteiger partial charge is 0.455 e. The van der Waals surface area contributed by atoms with Gasteiger partial charge in [0.15, 0.2) is 4.96 Å². The third-order valence-electron chi connectivity index (χ3n) is 4.64. The lowest BCUT2D eigenvalue weighted by atomic mass is 9.91. The second-order valence-electron chi connectivity index (χ2n) is 6.34. The van der Waals surface area contributed by atoms with Gasteiger partial charge in [-0.1, -0.05) is 24.3 Å². The summed E-state index contributed by atoms with van der Waals surface area (Å²) in [6, 6.07) is 11.7. The highest BCUT2D eigenvalue weighted by Gasteiger charge is 2.22. The first-order valence-corrected chi connectivity index (χ1v) is 10.2. The number of rotatable bonds is 3. The quantitative estimate of drug-likeness (QED) is 0.494. The van der Waals surface area contributed by atoms with Crippen LogP contribution >= 0.6 is 22.7 Å². The van der Waals surface area contributed by atoms with E-state index in [0.717, 1.165) is 17.7 Å². The zero-order chi connectivity index (χ0) is 18.4. The average molecular weight is 394 g/mol. The number of carbonyl (C=O) groups is 1. The lowest BCUT2D eigenvalue weighted by Crippen LogP contribution is -2.14. The molecular formula is C20H14N2O3S2. The number of benzene rings is 1. The van der Waals surface area contributed by atoms with Crippen LogP contribution in [0, 0.1) is 0 Å². The summed E-state index contributed by atoms with van der Waals surface area (Å²) in [5.41, 5.74) is 4.02. The molecule has 0 aliphatic heterocycles. The Morgan fingerprint density at radius 2 is 2.04 bits per heavy atom. The number of fused-ring (bicyclic) bond motifs is 4. The van der Waals surface area contributed by atoms with E-state index in [1.54, 1.807) is 11.6 Å². The van der Waals surface area contributed by atoms with Crippen LogP contribution in [0.1, 0.15) is 26.5 Å². The molecule has 134 valence electrons. The molecule has 1 aliphatic rings. The van der Waals surface area contributed by atoms with Crippen LogP contribution in [0.4, 0.5) is 0 Å². The molecule has 0 unspecified atom stereocenters. The van der Waals surface area contributed by atoms with E-state index in [1.807, 2.05) is 18.2 Å². The summed E-state index contributed by atoms with van der Waals surface area (Å²) in [6.07, 6.45) is 3.60. The van der Waals surface area contributed by atoms with E-state index in [2.05, 4.69) is 17.1 Å². The lowest BCUT2D eigenvalue weighted by Gasteiger charge is -2.15. The molecule has 27 heavy (non-hydrogen) atoms. The van der Waals surface area contributed by atoms with Gasteiger partial charge in [0.1, 0.15) is 11.5 Å². The van der Waals surface area contributed by atoms with Gasteiger partial charge in [0.25, 0.3) is 5.56 Å². The van der Waals surface area contributed by atoms with E-state index in [0.29, 0.717) is 15.5 Å². The highest BCUT2D eigenvalue weighted by atomic mass is 32.1. The van der Waals surface area contributed by atoms with Crippen molar-refractivity contribution in [1.82, 2.24) is 9.38 Å². The number of thiophene rings is 1. The molecule has 0 amide bonds. The van der Waals surface area contributed by atoms with Gasteiger partial charge in [0.05, 0.1) is 5.69 Å². The predicted molar refractivity (Wildman–Crippen MR) is 106 cm³/mol. The van der Waals surface area contributed by atoms with Crippen molar-refractivity contribution < 1.29 is 9.53 Å². The fourth-order valence-corrected chi connectivity index (χ4v) is 5.25. The molecule has 1 aromatic carbocycles. The van der Waals surface area contributed by atoms with Gasteiger partial charge in [-0.15, -0.1) is 22.7 Å². The maximum atomic E-state index is 12.5. The number of aromatic nitrogens is 2. The molecule has 0 saturated carbocycles. The topological polar surface area (TPSA) is 60.7 Å². The van der Waals surface area contributed by atoms with Gasteiger partial charge in [-0.05, 0) is 35.6 Å². The highest BCUT2D eigenvalue weighted by Crippen LogP contribution is 2.39. The van der Waals surface area contributed by atoms with Crippen molar-refractivity contribution in [3.8, 4) is 10.4 Å². The van der Waals surface area contributed by atoms with E-state index in [9.17, 15) is 9.59 Å². The minimum Gasteiger partial charge on any atom is -0.455 e. The minimum atomic E-state index is -0.375. The summed E-state index contributed by atoms with van der Waals surface area (Å²) < 4.78 is 6.90. The van der Waals surface area contributed by atoms with Gasteiger partial charge in [-0.3, -0.25) is 9.20 Å². The van der Waals surface area contributed by atoms with Crippen molar-refractivity contribution in [1.29, 1.82) is 0 Å². The molecule has 3 heterocycles. The van der Waals surface area contributed by atoms with Crippen LogP contribution in [-0.4, -0.2) is 15.4 Å². The zero-order valence-electron chi connectivity index (χ0n) is 14.2. The van der Waals surface area contributed by atoms with Crippen LogP contribution in [0.2, 0.25) is 0 Å². The first kappa shape index (κ1) is 16.4. The predicted octanol–water partition coefficient (Wildman–Crippen LogP) is 3.94. The van der Waals surface area contributed by atoms with Gasteiger partial charge < -0.3 is 4.74 Å². The molecule has 5 nitrogen and oxygen atoms in total. The van der Waals surface area contributed by atoms with Crippen LogP contribution < -0.4 is 5.56 Å². The van der Waals surface area contributed by atoms with Crippen LogP contribution in [0.15, 0.2) is 52.8 Å². The van der Waals surface area contributed by atoms with E-state index >= 15 is 0 Å². The summed E-state index contributed by atoms with van der Waals surface area (Å²) in [5.74, 6) is -0.375. The molecule has 3 aromatic heterocycles. The van der Waals surface area contributed by atoms with E-state index in [4.69, 9.17) is 4.74 Å². The Hall–Kier alpha value is -2.77. The second kappa shape index (κ2) is 6.44. The smallest absolute Gasteiger partial charge is 0.348 e. The van der Waals surface area contributed by atoms with E-state index in [-0.39, 0.29) is 18.1 Å². The highest BCUT2D eigenvalue weighted by molar-refractivity contribution is 7.17. The van der Waals surface area contributed by atoms with Crippen LogP contribution in [0.3, 0.4) is 0 Å². The van der Waals surface area contributed by atoms with Gasteiger partial charge >= 0.3 is 5.97 Å². The van der Waals surface area contributed by atoms with Crippen LogP contribution in [0.5, 0.6) is 0 Å². The molecule has 7 heteroatoms. The maximum Gasteiger partial charge on any atom is 0.348 e. The third kappa shape index (κ3) is 2.89. The fourth-order valence-electron chi connectivity index (χ4n) is 3.34. The molecule has 1 aliphatic carbocycles. The number of thiazole rings is 1. The monoisotopic (exact) mass is 394 g/mol. The van der Waals surface area contributed by atoms with Gasteiger partial charge in [0.2, 0.25) is 0 Å². The third-order valence-corrected chi connectivity index (χ3v) is 6.59. The Kier molecular flexibility index (Phi) is 3.91. The van der Waals surface area contributed by atoms with E-state index in [1.165, 1.54) is 49.8 Å². The Labute approximate surface area is 162 Å². The lowest BCUT2D eigenvalue weighted by molar-refractivity contribution is 0.0473. The number of carbonyl (C=O) groups excluding carboxylic acids is 1. The van der Waals surface area contributed by atoms with Crippen molar-refractivity contribution in [2.45, 2.75) is 19.4 Å². The van der Waals surface area contributed by atoms with Crippen LogP contribution in [-0.2, 0) is 24.2 Å². The molecule has 0 spiro atoms. The SMILES string of the molecule is O=C(OCc1cc(=O)n2ccsc2n1)c1cc2c(s1)-c1ccccc1CC2. The van der Waals surface area contributed by atoms with Crippen molar-refractivity contribution in [3.63, 3.8) is 0 Å². The molecular weight excluding hydrogens is 380 g/mol. The minimum absolute atomic E-state index is 0.0123. The van der Waals surface area contributed by atoms with Crippen molar-refractivity contribution in [2.75, 3.05) is 0 Å². The van der Waals surface area contributed by atoms with Gasteiger partial charge in [-0.25, -0.2) is 9.78 Å². The number of hydrogen-bond donors (Lipinski definition) is 0. The first-order chi connectivity index (χ1) is 13.2. The van der Waals surface area contributed by atoms with Crippen molar-refractivity contribution >= 4 is 33.6 Å². The molecule has 5 rings (SSSR count). The molecule has 0 N–H and O–H groups in total. The fraction of sp³-hybridized carbons (Fsp3) is 0.150. The molecule has 0 bridgehead atoms.